The zero-order chi connectivity index (χ0) is 13.8. The van der Waals surface area contributed by atoms with Crippen LogP contribution in [0.1, 0.15) is 19.4 Å². The predicted molar refractivity (Wildman–Crippen MR) is 77.4 cm³/mol. The molecule has 0 bridgehead atoms. The van der Waals surface area contributed by atoms with Gasteiger partial charge >= 0.3 is 0 Å². The van der Waals surface area contributed by atoms with Crippen LogP contribution in [0.3, 0.4) is 0 Å². The first-order valence-electron chi connectivity index (χ1n) is 6.47. The molecule has 0 aliphatic carbocycles. The summed E-state index contributed by atoms with van der Waals surface area (Å²) in [5, 5.41) is 2.85. The summed E-state index contributed by atoms with van der Waals surface area (Å²) < 4.78 is 0. The van der Waals surface area contributed by atoms with Gasteiger partial charge in [0.2, 0.25) is 11.8 Å². The van der Waals surface area contributed by atoms with Crippen molar-refractivity contribution in [1.29, 1.82) is 0 Å². The lowest BCUT2D eigenvalue weighted by Gasteiger charge is -2.20. The number of rotatable bonds is 4. The van der Waals surface area contributed by atoms with Crippen molar-refractivity contribution < 1.29 is 9.59 Å². The van der Waals surface area contributed by atoms with Crippen LogP contribution in [-0.4, -0.2) is 35.6 Å². The summed E-state index contributed by atoms with van der Waals surface area (Å²) in [6, 6.07) is 5.84. The van der Waals surface area contributed by atoms with Crippen LogP contribution in [0.5, 0.6) is 0 Å². The zero-order valence-corrected chi connectivity index (χ0v) is 12.0. The van der Waals surface area contributed by atoms with Crippen LogP contribution in [0.25, 0.3) is 0 Å². The molecule has 0 fully saturated rings. The fourth-order valence-electron chi connectivity index (χ4n) is 2.10. The topological polar surface area (TPSA) is 49.4 Å². The van der Waals surface area contributed by atoms with Gasteiger partial charge in [0.25, 0.3) is 0 Å². The minimum Gasteiger partial charge on any atom is -0.343 e. The summed E-state index contributed by atoms with van der Waals surface area (Å²) in [4.78, 5) is 26.3. The molecule has 0 saturated heterocycles. The summed E-state index contributed by atoms with van der Waals surface area (Å²) in [6.45, 7) is 5.41. The lowest BCUT2D eigenvalue weighted by Crippen LogP contribution is -2.31. The van der Waals surface area contributed by atoms with E-state index in [1.165, 1.54) is 11.8 Å². The second-order valence-electron chi connectivity index (χ2n) is 4.41. The fraction of sp³-hybridized carbons (Fsp3) is 0.429. The smallest absolute Gasteiger partial charge is 0.234 e. The van der Waals surface area contributed by atoms with E-state index in [9.17, 15) is 9.59 Å². The molecule has 0 radical (unpaired) electrons. The molecule has 1 aromatic rings. The molecule has 1 N–H and O–H groups in total. The van der Waals surface area contributed by atoms with E-state index in [0.717, 1.165) is 29.2 Å². The van der Waals surface area contributed by atoms with Crippen LogP contribution in [0.15, 0.2) is 23.1 Å². The summed E-state index contributed by atoms with van der Waals surface area (Å²) in [6.07, 6.45) is 0.384. The molecule has 5 heteroatoms. The Morgan fingerprint density at radius 2 is 2.11 bits per heavy atom. The third-order valence-electron chi connectivity index (χ3n) is 3.15. The van der Waals surface area contributed by atoms with Crippen LogP contribution < -0.4 is 5.32 Å². The normalized spacial score (nSPS) is 13.7. The molecule has 19 heavy (non-hydrogen) atoms. The number of carbonyl (C=O) groups is 2. The van der Waals surface area contributed by atoms with Crippen LogP contribution in [0.4, 0.5) is 5.69 Å². The molecule has 2 rings (SSSR count). The van der Waals surface area contributed by atoms with Gasteiger partial charge in [-0.15, -0.1) is 11.8 Å². The molecule has 0 unspecified atom stereocenters. The van der Waals surface area contributed by atoms with Gasteiger partial charge in [-0.3, -0.25) is 9.59 Å². The molecule has 1 aromatic carbocycles. The maximum atomic E-state index is 12.0. The van der Waals surface area contributed by atoms with Crippen molar-refractivity contribution in [3.8, 4) is 0 Å². The number of nitrogens with zero attached hydrogens (tertiary/aromatic N) is 1. The van der Waals surface area contributed by atoms with Crippen molar-refractivity contribution >= 4 is 29.3 Å². The van der Waals surface area contributed by atoms with Crippen molar-refractivity contribution in [2.75, 3.05) is 24.2 Å². The minimum absolute atomic E-state index is 0.0183. The molecule has 0 saturated carbocycles. The second-order valence-corrected chi connectivity index (χ2v) is 5.43. The van der Waals surface area contributed by atoms with Crippen molar-refractivity contribution in [3.05, 3.63) is 23.8 Å². The number of thioether (sulfide) groups is 1. The average molecular weight is 278 g/mol. The standard InChI is InChI=1S/C14H18N2O2S/c1-3-16(4-2)14(18)8-10-5-6-12-11(7-10)15-13(17)9-19-12/h5-7H,3-4,8-9H2,1-2H3,(H,15,17). The van der Waals surface area contributed by atoms with Crippen LogP contribution >= 0.6 is 11.8 Å². The quantitative estimate of drug-likeness (QED) is 0.918. The Morgan fingerprint density at radius 3 is 2.79 bits per heavy atom. The molecule has 1 aliphatic rings. The monoisotopic (exact) mass is 278 g/mol. The Hall–Kier alpha value is -1.49. The first kappa shape index (κ1) is 13.9. The Kier molecular flexibility index (Phi) is 4.47. The second kappa shape index (κ2) is 6.10. The predicted octanol–water partition coefficient (Wildman–Crippen LogP) is 2.14. The van der Waals surface area contributed by atoms with Gasteiger partial charge in [0.1, 0.15) is 0 Å². The molecule has 0 atom stereocenters. The van der Waals surface area contributed by atoms with Crippen molar-refractivity contribution in [1.82, 2.24) is 4.90 Å². The maximum Gasteiger partial charge on any atom is 0.234 e. The largest absolute Gasteiger partial charge is 0.343 e. The summed E-state index contributed by atoms with van der Waals surface area (Å²) in [7, 11) is 0. The Bertz CT molecular complexity index is 498. The molecule has 1 aliphatic heterocycles. The van der Waals surface area contributed by atoms with Gasteiger partial charge in [-0.05, 0) is 31.5 Å². The highest BCUT2D eigenvalue weighted by Crippen LogP contribution is 2.32. The Labute approximate surface area is 117 Å². The summed E-state index contributed by atoms with van der Waals surface area (Å²) in [5.74, 6) is 0.606. The van der Waals surface area contributed by atoms with E-state index in [1.807, 2.05) is 36.9 Å². The summed E-state index contributed by atoms with van der Waals surface area (Å²) in [5.41, 5.74) is 1.77. The third-order valence-corrected chi connectivity index (χ3v) is 4.22. The van der Waals surface area contributed by atoms with E-state index in [1.54, 1.807) is 0 Å². The van der Waals surface area contributed by atoms with Gasteiger partial charge in [-0.1, -0.05) is 6.07 Å². The van der Waals surface area contributed by atoms with Gasteiger partial charge in [0.15, 0.2) is 0 Å². The van der Waals surface area contributed by atoms with Crippen LogP contribution in [0, 0.1) is 0 Å². The Balaban J connectivity index is 2.12. The third kappa shape index (κ3) is 3.29. The SMILES string of the molecule is CCN(CC)C(=O)Cc1ccc2c(c1)NC(=O)CS2. The van der Waals surface area contributed by atoms with Gasteiger partial charge in [0, 0.05) is 18.0 Å². The molecule has 2 amide bonds. The summed E-state index contributed by atoms with van der Waals surface area (Å²) >= 11 is 1.53. The van der Waals surface area contributed by atoms with E-state index in [4.69, 9.17) is 0 Å². The van der Waals surface area contributed by atoms with E-state index < -0.39 is 0 Å². The number of anilines is 1. The number of likely N-dealkylation sites (N-methyl/N-ethyl adjacent to an activating group) is 1. The fourth-order valence-corrected chi connectivity index (χ4v) is 2.89. The first-order chi connectivity index (χ1) is 9.13. The molecule has 102 valence electrons. The Morgan fingerprint density at radius 1 is 1.37 bits per heavy atom. The highest BCUT2D eigenvalue weighted by atomic mass is 32.2. The minimum atomic E-state index is 0.0183. The van der Waals surface area contributed by atoms with Crippen molar-refractivity contribution in [2.24, 2.45) is 0 Å². The number of nitrogens with one attached hydrogen (secondary N) is 1. The average Bonchev–Trinajstić information content (AvgIpc) is 2.39. The highest BCUT2D eigenvalue weighted by Gasteiger charge is 2.17. The molecule has 0 aromatic heterocycles. The molecule has 1 heterocycles. The van der Waals surface area contributed by atoms with Crippen LogP contribution in [-0.2, 0) is 16.0 Å². The molecule has 4 nitrogen and oxygen atoms in total. The highest BCUT2D eigenvalue weighted by molar-refractivity contribution is 8.00. The van der Waals surface area contributed by atoms with Gasteiger partial charge < -0.3 is 10.2 Å². The van der Waals surface area contributed by atoms with Crippen molar-refractivity contribution in [2.45, 2.75) is 25.2 Å². The first-order valence-corrected chi connectivity index (χ1v) is 7.46. The maximum absolute atomic E-state index is 12.0. The zero-order valence-electron chi connectivity index (χ0n) is 11.2. The van der Waals surface area contributed by atoms with E-state index in [0.29, 0.717) is 12.2 Å². The number of hydrogen-bond donors (Lipinski definition) is 1. The molecular weight excluding hydrogens is 260 g/mol. The van der Waals surface area contributed by atoms with Gasteiger partial charge in [0.05, 0.1) is 17.9 Å². The van der Waals surface area contributed by atoms with Gasteiger partial charge in [-0.2, -0.15) is 0 Å². The van der Waals surface area contributed by atoms with E-state index in [-0.39, 0.29) is 11.8 Å². The van der Waals surface area contributed by atoms with Crippen molar-refractivity contribution in [3.63, 3.8) is 0 Å². The number of amides is 2. The van der Waals surface area contributed by atoms with E-state index >= 15 is 0 Å². The number of benzene rings is 1. The lowest BCUT2D eigenvalue weighted by molar-refractivity contribution is -0.130. The number of hydrogen-bond acceptors (Lipinski definition) is 3. The van der Waals surface area contributed by atoms with E-state index in [2.05, 4.69) is 5.32 Å². The number of fused-ring (bicyclic) bond motifs is 1. The van der Waals surface area contributed by atoms with Crippen LogP contribution in [0.2, 0.25) is 0 Å². The molecule has 0 spiro atoms. The molecular formula is C14H18N2O2S. The van der Waals surface area contributed by atoms with Gasteiger partial charge in [-0.25, -0.2) is 0 Å². The lowest BCUT2D eigenvalue weighted by atomic mass is 10.1. The number of carbonyl (C=O) groups excluding carboxylic acids is 2.